The molecule has 4 heterocycles. The number of rotatable bonds is 4. The lowest BCUT2D eigenvalue weighted by atomic mass is 9.99. The molecule has 0 aliphatic carbocycles. The van der Waals surface area contributed by atoms with Gasteiger partial charge in [0, 0.05) is 50.6 Å². The van der Waals surface area contributed by atoms with E-state index in [1.165, 1.54) is 6.42 Å². The zero-order chi connectivity index (χ0) is 16.4. The summed E-state index contributed by atoms with van der Waals surface area (Å²) in [5, 5.41) is 0. The second kappa shape index (κ2) is 7.35. The van der Waals surface area contributed by atoms with E-state index in [2.05, 4.69) is 20.9 Å². The number of pyridine rings is 1. The van der Waals surface area contributed by atoms with Crippen molar-refractivity contribution in [1.29, 1.82) is 0 Å². The third-order valence-electron chi connectivity index (χ3n) is 5.54. The van der Waals surface area contributed by atoms with Crippen LogP contribution in [0, 0.1) is 0 Å². The van der Waals surface area contributed by atoms with Gasteiger partial charge >= 0.3 is 0 Å². The van der Waals surface area contributed by atoms with Crippen LogP contribution in [0.3, 0.4) is 0 Å². The minimum atomic E-state index is 0.319. The van der Waals surface area contributed by atoms with E-state index in [1.807, 2.05) is 6.07 Å². The van der Waals surface area contributed by atoms with Crippen molar-refractivity contribution >= 4 is 0 Å². The summed E-state index contributed by atoms with van der Waals surface area (Å²) >= 11 is 0. The summed E-state index contributed by atoms with van der Waals surface area (Å²) in [5.41, 5.74) is 1.16. The first-order chi connectivity index (χ1) is 11.9. The number of ether oxygens (including phenoxy) is 3. The number of likely N-dealkylation sites (tertiary alicyclic amines) is 1. The van der Waals surface area contributed by atoms with Gasteiger partial charge in [0.1, 0.15) is 0 Å². The summed E-state index contributed by atoms with van der Waals surface area (Å²) < 4.78 is 17.2. The van der Waals surface area contributed by atoms with Crippen LogP contribution in [0.5, 0.6) is 5.88 Å². The highest BCUT2D eigenvalue weighted by Crippen LogP contribution is 2.34. The molecular weight excluding hydrogens is 306 g/mol. The summed E-state index contributed by atoms with van der Waals surface area (Å²) in [6.45, 7) is 6.53. The van der Waals surface area contributed by atoms with Gasteiger partial charge in [-0.2, -0.15) is 0 Å². The van der Waals surface area contributed by atoms with Crippen molar-refractivity contribution in [3.63, 3.8) is 0 Å². The van der Waals surface area contributed by atoms with E-state index in [0.29, 0.717) is 18.2 Å². The van der Waals surface area contributed by atoms with Crippen molar-refractivity contribution < 1.29 is 14.2 Å². The van der Waals surface area contributed by atoms with Gasteiger partial charge in [-0.05, 0) is 18.9 Å². The molecule has 0 saturated carbocycles. The number of methoxy groups -OCH3 is 1. The van der Waals surface area contributed by atoms with Gasteiger partial charge < -0.3 is 14.2 Å². The second-order valence-electron chi connectivity index (χ2n) is 6.86. The zero-order valence-electron chi connectivity index (χ0n) is 14.4. The van der Waals surface area contributed by atoms with Crippen molar-refractivity contribution in [2.24, 2.45) is 0 Å². The smallest absolute Gasteiger partial charge is 0.217 e. The highest BCUT2D eigenvalue weighted by atomic mass is 16.5. The molecule has 3 aliphatic rings. The van der Waals surface area contributed by atoms with Crippen LogP contribution in [0.15, 0.2) is 18.3 Å². The Balaban J connectivity index is 1.52. The Kier molecular flexibility index (Phi) is 4.98. The van der Waals surface area contributed by atoms with Crippen molar-refractivity contribution in [3.8, 4) is 5.88 Å². The van der Waals surface area contributed by atoms with E-state index in [-0.39, 0.29) is 0 Å². The Labute approximate surface area is 143 Å². The van der Waals surface area contributed by atoms with Crippen LogP contribution in [0.4, 0.5) is 0 Å². The van der Waals surface area contributed by atoms with E-state index in [9.17, 15) is 0 Å². The molecule has 6 heteroatoms. The van der Waals surface area contributed by atoms with Gasteiger partial charge in [0.05, 0.1) is 32.5 Å². The molecule has 0 amide bonds. The molecule has 0 N–H and O–H groups in total. The summed E-state index contributed by atoms with van der Waals surface area (Å²) in [7, 11) is 1.69. The standard InChI is InChI=1S/C18H27N3O3/c1-22-18-14(4-2-6-19-18)12-21-13-16(20-7-10-23-11-8-20)17-15(21)5-3-9-24-17/h2,4,6,15-17H,3,5,7-13H2,1H3/t15-,16-,17+/m0/s1. The largest absolute Gasteiger partial charge is 0.481 e. The van der Waals surface area contributed by atoms with Crippen molar-refractivity contribution in [3.05, 3.63) is 23.9 Å². The lowest BCUT2D eigenvalue weighted by Gasteiger charge is -2.37. The van der Waals surface area contributed by atoms with Crippen LogP contribution in [0.1, 0.15) is 18.4 Å². The molecule has 4 rings (SSSR count). The van der Waals surface area contributed by atoms with Crippen molar-refractivity contribution in [2.45, 2.75) is 37.6 Å². The van der Waals surface area contributed by atoms with Gasteiger partial charge in [0.2, 0.25) is 5.88 Å². The van der Waals surface area contributed by atoms with Gasteiger partial charge in [-0.15, -0.1) is 0 Å². The molecule has 1 aromatic rings. The van der Waals surface area contributed by atoms with E-state index in [0.717, 1.165) is 63.9 Å². The Morgan fingerprint density at radius 1 is 1.25 bits per heavy atom. The Bertz CT molecular complexity index is 550. The highest BCUT2D eigenvalue weighted by Gasteiger charge is 2.46. The summed E-state index contributed by atoms with van der Waals surface area (Å²) in [5.74, 6) is 0.737. The molecule has 132 valence electrons. The van der Waals surface area contributed by atoms with Gasteiger partial charge in [0.15, 0.2) is 0 Å². The molecule has 1 aromatic heterocycles. The lowest BCUT2D eigenvalue weighted by Crippen LogP contribution is -2.51. The van der Waals surface area contributed by atoms with Crippen LogP contribution in [-0.2, 0) is 16.0 Å². The van der Waals surface area contributed by atoms with Crippen molar-refractivity contribution in [1.82, 2.24) is 14.8 Å². The monoisotopic (exact) mass is 333 g/mol. The molecule has 0 bridgehead atoms. The summed E-state index contributed by atoms with van der Waals surface area (Å²) in [4.78, 5) is 9.48. The van der Waals surface area contributed by atoms with Gasteiger partial charge in [-0.1, -0.05) is 6.07 Å². The number of hydrogen-bond donors (Lipinski definition) is 0. The maximum absolute atomic E-state index is 6.22. The number of morpholine rings is 1. The van der Waals surface area contributed by atoms with Crippen LogP contribution in [-0.4, -0.2) is 79.5 Å². The first-order valence-electron chi connectivity index (χ1n) is 9.02. The number of hydrogen-bond acceptors (Lipinski definition) is 6. The average molecular weight is 333 g/mol. The van der Waals surface area contributed by atoms with E-state index >= 15 is 0 Å². The fourth-order valence-corrected chi connectivity index (χ4v) is 4.39. The van der Waals surface area contributed by atoms with E-state index < -0.39 is 0 Å². The fourth-order valence-electron chi connectivity index (χ4n) is 4.39. The molecule has 3 fully saturated rings. The Hall–Kier alpha value is -1.21. The van der Waals surface area contributed by atoms with Crippen LogP contribution < -0.4 is 4.74 Å². The summed E-state index contributed by atoms with van der Waals surface area (Å²) in [6, 6.07) is 5.08. The van der Waals surface area contributed by atoms with Crippen molar-refractivity contribution in [2.75, 3.05) is 46.6 Å². The molecule has 6 nitrogen and oxygen atoms in total. The maximum atomic E-state index is 6.22. The predicted octanol–water partition coefficient (Wildman–Crippen LogP) is 1.15. The molecule has 0 unspecified atom stereocenters. The average Bonchev–Trinajstić information content (AvgIpc) is 3.02. The van der Waals surface area contributed by atoms with Crippen LogP contribution in [0.25, 0.3) is 0 Å². The van der Waals surface area contributed by atoms with Gasteiger partial charge in [-0.25, -0.2) is 4.98 Å². The summed E-state index contributed by atoms with van der Waals surface area (Å²) in [6.07, 6.45) is 4.47. The topological polar surface area (TPSA) is 47.1 Å². The third-order valence-corrected chi connectivity index (χ3v) is 5.54. The SMILES string of the molecule is COc1ncccc1CN1C[C@H](N2CCOCC2)[C@@H]2OCCC[C@@H]21. The number of nitrogens with zero attached hydrogens (tertiary/aromatic N) is 3. The van der Waals surface area contributed by atoms with E-state index in [1.54, 1.807) is 13.3 Å². The third kappa shape index (κ3) is 3.16. The molecule has 24 heavy (non-hydrogen) atoms. The lowest BCUT2D eigenvalue weighted by molar-refractivity contribution is -0.0593. The first kappa shape index (κ1) is 16.3. The molecule has 3 atom stereocenters. The first-order valence-corrected chi connectivity index (χ1v) is 9.02. The Morgan fingerprint density at radius 2 is 2.12 bits per heavy atom. The van der Waals surface area contributed by atoms with Gasteiger partial charge in [0.25, 0.3) is 0 Å². The predicted molar refractivity (Wildman–Crippen MR) is 90.1 cm³/mol. The second-order valence-corrected chi connectivity index (χ2v) is 6.86. The number of fused-ring (bicyclic) bond motifs is 1. The van der Waals surface area contributed by atoms with Gasteiger partial charge in [-0.3, -0.25) is 9.80 Å². The highest BCUT2D eigenvalue weighted by molar-refractivity contribution is 5.25. The molecule has 0 aromatic carbocycles. The van der Waals surface area contributed by atoms with E-state index in [4.69, 9.17) is 14.2 Å². The molecule has 3 aliphatic heterocycles. The molecule has 3 saturated heterocycles. The number of aromatic nitrogens is 1. The normalized spacial score (nSPS) is 31.8. The van der Waals surface area contributed by atoms with Crippen LogP contribution >= 0.6 is 0 Å². The Morgan fingerprint density at radius 3 is 2.96 bits per heavy atom. The zero-order valence-corrected chi connectivity index (χ0v) is 14.4. The van der Waals surface area contributed by atoms with Crippen LogP contribution in [0.2, 0.25) is 0 Å². The quantitative estimate of drug-likeness (QED) is 0.824. The minimum absolute atomic E-state index is 0.319. The maximum Gasteiger partial charge on any atom is 0.217 e. The molecule has 0 radical (unpaired) electrons. The minimum Gasteiger partial charge on any atom is -0.481 e. The fraction of sp³-hybridized carbons (Fsp3) is 0.722. The molecular formula is C18H27N3O3. The molecule has 0 spiro atoms.